The van der Waals surface area contributed by atoms with Crippen molar-refractivity contribution in [1.82, 2.24) is 9.78 Å². The molecule has 0 aliphatic carbocycles. The van der Waals surface area contributed by atoms with Crippen LogP contribution in [0.3, 0.4) is 0 Å². The number of benzene rings is 1. The second-order valence-electron chi connectivity index (χ2n) is 6.47. The van der Waals surface area contributed by atoms with Gasteiger partial charge in [0.05, 0.1) is 11.2 Å². The number of hydrogen-bond donors (Lipinski definition) is 0. The van der Waals surface area contributed by atoms with Crippen molar-refractivity contribution in [3.05, 3.63) is 68.2 Å². The van der Waals surface area contributed by atoms with E-state index in [1.807, 2.05) is 30.1 Å². The molecule has 1 aromatic carbocycles. The molecule has 1 aromatic heterocycles. The summed E-state index contributed by atoms with van der Waals surface area (Å²) in [6, 6.07) is 8.03. The second-order valence-corrected chi connectivity index (χ2v) is 7.25. The van der Waals surface area contributed by atoms with Crippen molar-refractivity contribution in [2.24, 2.45) is 0 Å². The highest BCUT2D eigenvalue weighted by Gasteiger charge is 2.38. The molecule has 0 unspecified atom stereocenters. The predicted molar refractivity (Wildman–Crippen MR) is 99.5 cm³/mol. The third-order valence-corrected chi connectivity index (χ3v) is 5.23. The smallest absolute Gasteiger partial charge is 0.287 e. The van der Waals surface area contributed by atoms with E-state index in [0.29, 0.717) is 0 Å². The maximum absolute atomic E-state index is 12.5. The van der Waals surface area contributed by atoms with Crippen LogP contribution >= 0.6 is 23.2 Å². The van der Waals surface area contributed by atoms with E-state index in [0.717, 1.165) is 21.6 Å². The normalized spacial score (nSPS) is 17.0. The molecule has 1 aliphatic heterocycles. The minimum atomic E-state index is -0.580. The van der Waals surface area contributed by atoms with E-state index in [-0.39, 0.29) is 27.8 Å². The molecule has 0 saturated heterocycles. The fourth-order valence-corrected chi connectivity index (χ4v) is 3.43. The molecule has 5 nitrogen and oxygen atoms in total. The number of halogens is 2. The Morgan fingerprint density at radius 3 is 2.64 bits per heavy atom. The van der Waals surface area contributed by atoms with E-state index in [9.17, 15) is 9.59 Å². The van der Waals surface area contributed by atoms with E-state index in [1.165, 1.54) is 6.20 Å². The summed E-state index contributed by atoms with van der Waals surface area (Å²) in [5, 5.41) is 3.81. The van der Waals surface area contributed by atoms with Crippen LogP contribution in [0.4, 0.5) is 5.69 Å². The fourth-order valence-electron chi connectivity index (χ4n) is 3.16. The summed E-state index contributed by atoms with van der Waals surface area (Å²) < 4.78 is 1.02. The lowest BCUT2D eigenvalue weighted by molar-refractivity contribution is -0.115. The Hall–Kier alpha value is -2.11. The Balaban J connectivity index is 1.93. The second kappa shape index (κ2) is 6.32. The zero-order chi connectivity index (χ0) is 18.4. The van der Waals surface area contributed by atoms with Gasteiger partial charge in [0.25, 0.3) is 5.56 Å². The summed E-state index contributed by atoms with van der Waals surface area (Å²) >= 11 is 11.6. The minimum absolute atomic E-state index is 0.0702. The number of nitrogens with zero attached hydrogens (tertiary/aromatic N) is 3. The zero-order valence-electron chi connectivity index (χ0n) is 14.1. The molecule has 0 bridgehead atoms. The number of carbonyl (C=O) groups is 1. The van der Waals surface area contributed by atoms with Crippen molar-refractivity contribution >= 4 is 34.7 Å². The summed E-state index contributed by atoms with van der Waals surface area (Å²) in [7, 11) is 1.93. The van der Waals surface area contributed by atoms with Crippen LogP contribution in [0.15, 0.2) is 47.0 Å². The van der Waals surface area contributed by atoms with E-state index < -0.39 is 5.56 Å². The summed E-state index contributed by atoms with van der Waals surface area (Å²) in [5.41, 5.74) is 2.20. The van der Waals surface area contributed by atoms with Crippen LogP contribution in [-0.4, -0.2) is 22.6 Å². The molecule has 0 atom stereocenters. The molecule has 0 fully saturated rings. The van der Waals surface area contributed by atoms with E-state index >= 15 is 0 Å². The monoisotopic (exact) mass is 377 g/mol. The van der Waals surface area contributed by atoms with Crippen LogP contribution in [0.1, 0.15) is 19.4 Å². The number of fused-ring (bicyclic) bond motifs is 1. The average Bonchev–Trinajstić information content (AvgIpc) is 2.77. The van der Waals surface area contributed by atoms with Gasteiger partial charge in [0.1, 0.15) is 11.6 Å². The van der Waals surface area contributed by atoms with Crippen LogP contribution in [0.5, 0.6) is 0 Å². The standard InChI is InChI=1S/C18H17Cl2N3O2/c1-18(2)12-6-4-5-7-14(12)22(3)15(18)8-11(24)10-23-17(25)16(20)13(19)9-21-23/h4-9H,10H2,1-3H3. The number of allylic oxidation sites excluding steroid dienone is 2. The number of para-hydroxylation sites is 1. The van der Waals surface area contributed by atoms with Gasteiger partial charge in [-0.15, -0.1) is 0 Å². The third-order valence-electron chi connectivity index (χ3n) is 4.49. The zero-order valence-corrected chi connectivity index (χ0v) is 15.6. The molecule has 2 aromatic rings. The van der Waals surface area contributed by atoms with Crippen molar-refractivity contribution in [2.45, 2.75) is 25.8 Å². The molecule has 0 N–H and O–H groups in total. The van der Waals surface area contributed by atoms with Crippen LogP contribution in [0.2, 0.25) is 10.0 Å². The van der Waals surface area contributed by atoms with Gasteiger partial charge in [0.15, 0.2) is 5.78 Å². The molecule has 25 heavy (non-hydrogen) atoms. The van der Waals surface area contributed by atoms with Crippen molar-refractivity contribution in [3.63, 3.8) is 0 Å². The van der Waals surface area contributed by atoms with Crippen LogP contribution in [0.25, 0.3) is 0 Å². The Kier molecular flexibility index (Phi) is 4.47. The van der Waals surface area contributed by atoms with Gasteiger partial charge in [-0.2, -0.15) is 5.10 Å². The van der Waals surface area contributed by atoms with E-state index in [1.54, 1.807) is 6.08 Å². The Morgan fingerprint density at radius 2 is 1.96 bits per heavy atom. The lowest BCUT2D eigenvalue weighted by atomic mass is 9.83. The van der Waals surface area contributed by atoms with Crippen molar-refractivity contribution < 1.29 is 4.79 Å². The largest absolute Gasteiger partial charge is 0.347 e. The highest BCUT2D eigenvalue weighted by Crippen LogP contribution is 2.46. The maximum atomic E-state index is 12.5. The highest BCUT2D eigenvalue weighted by molar-refractivity contribution is 6.41. The van der Waals surface area contributed by atoms with Gasteiger partial charge in [-0.25, -0.2) is 4.68 Å². The SMILES string of the molecule is CN1C(=CC(=O)Cn2ncc(Cl)c(Cl)c2=O)C(C)(C)c2ccccc21. The molecule has 0 radical (unpaired) electrons. The molecule has 0 saturated carbocycles. The van der Waals surface area contributed by atoms with Crippen LogP contribution in [-0.2, 0) is 16.8 Å². The summed E-state index contributed by atoms with van der Waals surface area (Å²) in [4.78, 5) is 26.6. The number of carbonyl (C=O) groups excluding carboxylic acids is 1. The molecule has 0 spiro atoms. The van der Waals surface area contributed by atoms with Gasteiger partial charge in [-0.3, -0.25) is 9.59 Å². The third kappa shape index (κ3) is 2.98. The number of anilines is 1. The first kappa shape index (κ1) is 17.7. The molecule has 7 heteroatoms. The van der Waals surface area contributed by atoms with Crippen LogP contribution < -0.4 is 10.5 Å². The molecule has 130 valence electrons. The molecular weight excluding hydrogens is 361 g/mol. The number of likely N-dealkylation sites (N-methyl/N-ethyl adjacent to an activating group) is 1. The van der Waals surface area contributed by atoms with E-state index in [4.69, 9.17) is 23.2 Å². The Morgan fingerprint density at radius 1 is 1.28 bits per heavy atom. The topological polar surface area (TPSA) is 55.2 Å². The fraction of sp³-hybridized carbons (Fsp3) is 0.278. The lowest BCUT2D eigenvalue weighted by Crippen LogP contribution is -2.28. The van der Waals surface area contributed by atoms with Gasteiger partial charge in [0, 0.05) is 29.9 Å². The Bertz CT molecular complexity index is 948. The number of hydrogen-bond acceptors (Lipinski definition) is 4. The quantitative estimate of drug-likeness (QED) is 0.768. The predicted octanol–water partition coefficient (Wildman–Crippen LogP) is 3.43. The van der Waals surface area contributed by atoms with Gasteiger partial charge in [0.2, 0.25) is 0 Å². The highest BCUT2D eigenvalue weighted by atomic mass is 35.5. The van der Waals surface area contributed by atoms with Gasteiger partial charge >= 0.3 is 0 Å². The summed E-state index contributed by atoms with van der Waals surface area (Å²) in [6.07, 6.45) is 2.82. The number of ketones is 1. The molecular formula is C18H17Cl2N3O2. The minimum Gasteiger partial charge on any atom is -0.347 e. The van der Waals surface area contributed by atoms with E-state index in [2.05, 4.69) is 25.0 Å². The van der Waals surface area contributed by atoms with Gasteiger partial charge in [-0.1, -0.05) is 55.2 Å². The molecule has 2 heterocycles. The average molecular weight is 378 g/mol. The molecule has 3 rings (SSSR count). The molecule has 1 aliphatic rings. The first-order valence-electron chi connectivity index (χ1n) is 7.73. The molecule has 0 amide bonds. The summed E-state index contributed by atoms with van der Waals surface area (Å²) in [5.74, 6) is -0.240. The summed E-state index contributed by atoms with van der Waals surface area (Å²) in [6.45, 7) is 3.94. The van der Waals surface area contributed by atoms with Crippen LogP contribution in [0, 0.1) is 0 Å². The van der Waals surface area contributed by atoms with Crippen molar-refractivity contribution in [2.75, 3.05) is 11.9 Å². The van der Waals surface area contributed by atoms with Crippen molar-refractivity contribution in [1.29, 1.82) is 0 Å². The number of rotatable bonds is 3. The van der Waals surface area contributed by atoms with Gasteiger partial charge in [-0.05, 0) is 11.6 Å². The number of aromatic nitrogens is 2. The first-order chi connectivity index (χ1) is 11.7. The lowest BCUT2D eigenvalue weighted by Gasteiger charge is -2.24. The first-order valence-corrected chi connectivity index (χ1v) is 8.48. The Labute approximate surface area is 155 Å². The maximum Gasteiger partial charge on any atom is 0.287 e. The van der Waals surface area contributed by atoms with Crippen molar-refractivity contribution in [3.8, 4) is 0 Å². The van der Waals surface area contributed by atoms with Gasteiger partial charge < -0.3 is 4.90 Å².